The fraction of sp³-hybridized carbons (Fsp3) is 0.348. The molecule has 1 aliphatic rings. The van der Waals surface area contributed by atoms with Crippen LogP contribution in [0.1, 0.15) is 30.9 Å². The van der Waals surface area contributed by atoms with Crippen molar-refractivity contribution in [3.05, 3.63) is 70.0 Å². The first-order valence-corrected chi connectivity index (χ1v) is 11.1. The smallest absolute Gasteiger partial charge is 0.262 e. The molecule has 29 heavy (non-hydrogen) atoms. The molecule has 0 N–H and O–H groups in total. The van der Waals surface area contributed by atoms with Crippen molar-refractivity contribution in [3.63, 3.8) is 0 Å². The van der Waals surface area contributed by atoms with E-state index < -0.39 is 0 Å². The number of hydrogen-bond acceptors (Lipinski definition) is 4. The molecule has 150 valence electrons. The Kier molecular flexibility index (Phi) is 6.00. The van der Waals surface area contributed by atoms with Gasteiger partial charge in [0.05, 0.1) is 16.7 Å². The minimum Gasteiger partial charge on any atom is -0.337 e. The highest BCUT2D eigenvalue weighted by molar-refractivity contribution is 7.99. The molecule has 2 aromatic carbocycles. The Labute approximate surface area is 174 Å². The van der Waals surface area contributed by atoms with E-state index in [1.54, 1.807) is 4.57 Å². The number of carbonyl (C=O) groups is 1. The van der Waals surface area contributed by atoms with E-state index in [9.17, 15) is 9.59 Å². The Morgan fingerprint density at radius 2 is 1.86 bits per heavy atom. The molecule has 0 saturated carbocycles. The van der Waals surface area contributed by atoms with Gasteiger partial charge in [-0.25, -0.2) is 4.98 Å². The van der Waals surface area contributed by atoms with E-state index in [1.165, 1.54) is 22.9 Å². The van der Waals surface area contributed by atoms with Crippen LogP contribution in [0.2, 0.25) is 0 Å². The Balaban J connectivity index is 1.53. The van der Waals surface area contributed by atoms with Gasteiger partial charge in [-0.2, -0.15) is 0 Å². The molecule has 0 unspecified atom stereocenters. The van der Waals surface area contributed by atoms with Crippen LogP contribution in [0.3, 0.4) is 0 Å². The first-order valence-electron chi connectivity index (χ1n) is 10.1. The largest absolute Gasteiger partial charge is 0.337 e. The number of fused-ring (bicyclic) bond motifs is 2. The van der Waals surface area contributed by atoms with Crippen molar-refractivity contribution in [1.29, 1.82) is 0 Å². The lowest BCUT2D eigenvalue weighted by Gasteiger charge is -2.28. The summed E-state index contributed by atoms with van der Waals surface area (Å²) in [5, 5.41) is 1.26. The summed E-state index contributed by atoms with van der Waals surface area (Å²) in [6.45, 7) is 4.12. The third-order valence-electron chi connectivity index (χ3n) is 5.37. The fourth-order valence-electron chi connectivity index (χ4n) is 3.70. The first kappa shape index (κ1) is 19.7. The summed E-state index contributed by atoms with van der Waals surface area (Å²) in [7, 11) is 0. The summed E-state index contributed by atoms with van der Waals surface area (Å²) >= 11 is 1.37. The van der Waals surface area contributed by atoms with Crippen molar-refractivity contribution >= 4 is 28.6 Å². The highest BCUT2D eigenvalue weighted by atomic mass is 32.2. The van der Waals surface area contributed by atoms with Crippen LogP contribution >= 0.6 is 11.8 Å². The van der Waals surface area contributed by atoms with Crippen molar-refractivity contribution in [2.45, 2.75) is 44.4 Å². The number of para-hydroxylation sites is 1. The Morgan fingerprint density at radius 3 is 2.69 bits per heavy atom. The number of aromatic nitrogens is 2. The second kappa shape index (κ2) is 8.82. The second-order valence-electron chi connectivity index (χ2n) is 7.34. The van der Waals surface area contributed by atoms with Gasteiger partial charge in [0.15, 0.2) is 5.16 Å². The predicted molar refractivity (Wildman–Crippen MR) is 117 cm³/mol. The number of thioether (sulfide) groups is 1. The minimum atomic E-state index is -0.0223. The third-order valence-corrected chi connectivity index (χ3v) is 6.33. The maximum Gasteiger partial charge on any atom is 0.262 e. The molecule has 6 heteroatoms. The van der Waals surface area contributed by atoms with Gasteiger partial charge in [-0.1, -0.05) is 61.5 Å². The van der Waals surface area contributed by atoms with Crippen molar-refractivity contribution in [2.75, 3.05) is 12.3 Å². The maximum absolute atomic E-state index is 13.0. The van der Waals surface area contributed by atoms with Gasteiger partial charge in [0.2, 0.25) is 5.91 Å². The van der Waals surface area contributed by atoms with E-state index in [0.717, 1.165) is 25.8 Å². The van der Waals surface area contributed by atoms with E-state index in [-0.39, 0.29) is 11.5 Å². The lowest BCUT2D eigenvalue weighted by molar-refractivity contribution is -0.129. The summed E-state index contributed by atoms with van der Waals surface area (Å²) in [4.78, 5) is 32.4. The van der Waals surface area contributed by atoms with Gasteiger partial charge in [-0.3, -0.25) is 14.2 Å². The number of rotatable bonds is 6. The summed E-state index contributed by atoms with van der Waals surface area (Å²) in [5.74, 6) is 0.382. The molecule has 1 amide bonds. The zero-order valence-electron chi connectivity index (χ0n) is 16.6. The SMILES string of the molecule is CCCCn1c(SCC(=O)N2CCc3ccccc3C2)nc2ccccc2c1=O. The molecule has 0 atom stereocenters. The first-order chi connectivity index (χ1) is 14.2. The van der Waals surface area contributed by atoms with Crippen LogP contribution in [-0.2, 0) is 24.3 Å². The van der Waals surface area contributed by atoms with Crippen LogP contribution < -0.4 is 5.56 Å². The van der Waals surface area contributed by atoms with Crippen LogP contribution in [0.25, 0.3) is 10.9 Å². The summed E-state index contributed by atoms with van der Waals surface area (Å²) in [6, 6.07) is 15.7. The number of hydrogen-bond donors (Lipinski definition) is 0. The Hall–Kier alpha value is -2.60. The Morgan fingerprint density at radius 1 is 1.10 bits per heavy atom. The predicted octanol–water partition coefficient (Wildman–Crippen LogP) is 3.87. The minimum absolute atomic E-state index is 0.0223. The zero-order chi connectivity index (χ0) is 20.2. The van der Waals surface area contributed by atoms with Crippen molar-refractivity contribution < 1.29 is 4.79 Å². The van der Waals surface area contributed by atoms with Gasteiger partial charge in [0.25, 0.3) is 5.56 Å². The van der Waals surface area contributed by atoms with Gasteiger partial charge < -0.3 is 4.90 Å². The number of benzene rings is 2. The Bertz CT molecular complexity index is 1090. The third kappa shape index (κ3) is 4.22. The summed E-state index contributed by atoms with van der Waals surface area (Å²) in [6.07, 6.45) is 2.79. The molecule has 0 fully saturated rings. The van der Waals surface area contributed by atoms with Crippen molar-refractivity contribution in [2.24, 2.45) is 0 Å². The molecule has 0 bridgehead atoms. The van der Waals surface area contributed by atoms with Gasteiger partial charge >= 0.3 is 0 Å². The summed E-state index contributed by atoms with van der Waals surface area (Å²) in [5.41, 5.74) is 3.22. The van der Waals surface area contributed by atoms with Crippen LogP contribution in [-0.4, -0.2) is 32.7 Å². The van der Waals surface area contributed by atoms with Crippen molar-refractivity contribution in [3.8, 4) is 0 Å². The van der Waals surface area contributed by atoms with E-state index in [4.69, 9.17) is 4.98 Å². The fourth-order valence-corrected chi connectivity index (χ4v) is 4.63. The number of carbonyl (C=O) groups excluding carboxylic acids is 1. The molecule has 4 rings (SSSR count). The highest BCUT2D eigenvalue weighted by Gasteiger charge is 2.21. The molecular weight excluding hydrogens is 382 g/mol. The van der Waals surface area contributed by atoms with E-state index in [1.807, 2.05) is 41.3 Å². The molecule has 0 spiro atoms. The molecule has 0 radical (unpaired) electrons. The molecular formula is C23H25N3O2S. The maximum atomic E-state index is 13.0. The lowest BCUT2D eigenvalue weighted by Crippen LogP contribution is -2.37. The lowest BCUT2D eigenvalue weighted by atomic mass is 10.00. The van der Waals surface area contributed by atoms with Crippen LogP contribution in [0.5, 0.6) is 0 Å². The average molecular weight is 408 g/mol. The van der Waals surface area contributed by atoms with Crippen LogP contribution in [0, 0.1) is 0 Å². The molecule has 0 aliphatic carbocycles. The topological polar surface area (TPSA) is 55.2 Å². The molecule has 5 nitrogen and oxygen atoms in total. The molecule has 1 aliphatic heterocycles. The van der Waals surface area contributed by atoms with Gasteiger partial charge in [-0.15, -0.1) is 0 Å². The monoisotopic (exact) mass is 407 g/mol. The highest BCUT2D eigenvalue weighted by Crippen LogP contribution is 2.22. The molecule has 3 aromatic rings. The normalized spacial score (nSPS) is 13.5. The zero-order valence-corrected chi connectivity index (χ0v) is 17.5. The number of nitrogens with zero attached hydrogens (tertiary/aromatic N) is 3. The van der Waals surface area contributed by atoms with Crippen LogP contribution in [0.4, 0.5) is 0 Å². The molecule has 0 saturated heterocycles. The van der Waals surface area contributed by atoms with Gasteiger partial charge in [-0.05, 0) is 36.1 Å². The number of amides is 1. The van der Waals surface area contributed by atoms with Gasteiger partial charge in [0.1, 0.15) is 0 Å². The quantitative estimate of drug-likeness (QED) is 0.460. The second-order valence-corrected chi connectivity index (χ2v) is 8.29. The van der Waals surface area contributed by atoms with E-state index in [0.29, 0.717) is 34.9 Å². The standard InChI is InChI=1S/C23H25N3O2S/c1-2-3-13-26-22(28)19-10-6-7-11-20(19)24-23(26)29-16-21(27)25-14-12-17-8-4-5-9-18(17)15-25/h4-11H,2-3,12-16H2,1H3. The molecule has 2 heterocycles. The average Bonchev–Trinajstić information content (AvgIpc) is 2.76. The van der Waals surface area contributed by atoms with E-state index >= 15 is 0 Å². The summed E-state index contributed by atoms with van der Waals surface area (Å²) < 4.78 is 1.73. The van der Waals surface area contributed by atoms with Crippen LogP contribution in [0.15, 0.2) is 58.5 Å². The van der Waals surface area contributed by atoms with E-state index in [2.05, 4.69) is 19.1 Å². The molecule has 1 aromatic heterocycles. The van der Waals surface area contributed by atoms with Crippen molar-refractivity contribution in [1.82, 2.24) is 14.5 Å². The number of unbranched alkanes of at least 4 members (excludes halogenated alkanes) is 1. The van der Waals surface area contributed by atoms with Gasteiger partial charge in [0, 0.05) is 19.6 Å².